The van der Waals surface area contributed by atoms with Crippen LogP contribution >= 0.6 is 11.6 Å². The fourth-order valence-electron chi connectivity index (χ4n) is 2.77. The molecule has 1 fully saturated rings. The van der Waals surface area contributed by atoms with E-state index in [0.717, 1.165) is 19.4 Å². The quantitative estimate of drug-likeness (QED) is 0.868. The molecule has 2 N–H and O–H groups in total. The summed E-state index contributed by atoms with van der Waals surface area (Å²) < 4.78 is 38.8. The minimum atomic E-state index is -3.69. The Balaban J connectivity index is 1.85. The number of rotatable bonds is 3. The molecule has 122 valence electrons. The average molecular weight is 347 g/mol. The van der Waals surface area contributed by atoms with E-state index in [1.807, 2.05) is 6.92 Å². The highest BCUT2D eigenvalue weighted by molar-refractivity contribution is 7.89. The summed E-state index contributed by atoms with van der Waals surface area (Å²) >= 11 is 6.13. The number of halogens is 1. The number of hydrogen-bond donors (Lipinski definition) is 2. The van der Waals surface area contributed by atoms with Gasteiger partial charge in [0, 0.05) is 24.2 Å². The van der Waals surface area contributed by atoms with E-state index in [4.69, 9.17) is 21.1 Å². The van der Waals surface area contributed by atoms with Gasteiger partial charge in [0.05, 0.1) is 5.02 Å². The summed E-state index contributed by atoms with van der Waals surface area (Å²) in [5.41, 5.74) is 0. The van der Waals surface area contributed by atoms with Crippen LogP contribution in [0, 0.1) is 0 Å². The van der Waals surface area contributed by atoms with Gasteiger partial charge in [-0.05, 0) is 26.3 Å². The van der Waals surface area contributed by atoms with E-state index >= 15 is 0 Å². The average Bonchev–Trinajstić information content (AvgIpc) is 2.46. The Kier molecular flexibility index (Phi) is 4.49. The molecule has 2 aliphatic heterocycles. The fraction of sp³-hybridized carbons (Fsp3) is 0.571. The number of piperidine rings is 1. The number of nitrogens with one attached hydrogen (secondary N) is 2. The topological polar surface area (TPSA) is 76.7 Å². The molecular formula is C14H19ClN2O4S. The van der Waals surface area contributed by atoms with Gasteiger partial charge in [0.15, 0.2) is 11.5 Å². The highest BCUT2D eigenvalue weighted by atomic mass is 35.5. The number of benzene rings is 1. The monoisotopic (exact) mass is 346 g/mol. The molecule has 1 aromatic carbocycles. The molecule has 0 spiro atoms. The third kappa shape index (κ3) is 3.32. The van der Waals surface area contributed by atoms with Gasteiger partial charge in [-0.15, -0.1) is 0 Å². The molecule has 2 unspecified atom stereocenters. The maximum atomic E-state index is 12.6. The van der Waals surface area contributed by atoms with Crippen molar-refractivity contribution in [3.8, 4) is 11.5 Å². The molecule has 22 heavy (non-hydrogen) atoms. The zero-order chi connectivity index (χ0) is 15.7. The van der Waals surface area contributed by atoms with Crippen molar-refractivity contribution >= 4 is 21.6 Å². The zero-order valence-electron chi connectivity index (χ0n) is 12.3. The van der Waals surface area contributed by atoms with E-state index in [-0.39, 0.29) is 22.0 Å². The van der Waals surface area contributed by atoms with Gasteiger partial charge in [0.1, 0.15) is 18.1 Å². The summed E-state index contributed by atoms with van der Waals surface area (Å²) in [7, 11) is -3.69. The first-order valence-electron chi connectivity index (χ1n) is 7.30. The fourth-order valence-corrected chi connectivity index (χ4v) is 4.59. The lowest BCUT2D eigenvalue weighted by Crippen LogP contribution is -2.46. The molecule has 3 rings (SSSR count). The first-order valence-corrected chi connectivity index (χ1v) is 9.16. The number of hydrogen-bond acceptors (Lipinski definition) is 5. The van der Waals surface area contributed by atoms with Gasteiger partial charge >= 0.3 is 0 Å². The lowest BCUT2D eigenvalue weighted by Gasteiger charge is -2.28. The Bertz CT molecular complexity index is 665. The van der Waals surface area contributed by atoms with E-state index in [0.29, 0.717) is 24.7 Å². The Hall–Kier alpha value is -1.02. The second-order valence-electron chi connectivity index (χ2n) is 5.62. The van der Waals surface area contributed by atoms with E-state index in [9.17, 15) is 8.42 Å². The van der Waals surface area contributed by atoms with Gasteiger partial charge in [-0.25, -0.2) is 13.1 Å². The smallest absolute Gasteiger partial charge is 0.242 e. The zero-order valence-corrected chi connectivity index (χ0v) is 13.8. The van der Waals surface area contributed by atoms with Gasteiger partial charge in [-0.3, -0.25) is 0 Å². The first kappa shape index (κ1) is 15.9. The summed E-state index contributed by atoms with van der Waals surface area (Å²) in [6.45, 7) is 3.66. The van der Waals surface area contributed by atoms with Crippen molar-refractivity contribution in [2.75, 3.05) is 19.8 Å². The van der Waals surface area contributed by atoms with Crippen LogP contribution in [0.4, 0.5) is 0 Å². The predicted molar refractivity (Wildman–Crippen MR) is 83.3 cm³/mol. The lowest BCUT2D eigenvalue weighted by molar-refractivity contribution is 0.171. The van der Waals surface area contributed by atoms with Crippen molar-refractivity contribution < 1.29 is 17.9 Å². The Morgan fingerprint density at radius 2 is 1.95 bits per heavy atom. The maximum Gasteiger partial charge on any atom is 0.242 e. The summed E-state index contributed by atoms with van der Waals surface area (Å²) in [6.07, 6.45) is 1.51. The Labute approximate surface area is 135 Å². The van der Waals surface area contributed by atoms with Gasteiger partial charge in [-0.1, -0.05) is 11.6 Å². The molecule has 2 heterocycles. The molecule has 0 radical (unpaired) electrons. The number of ether oxygens (including phenoxy) is 2. The van der Waals surface area contributed by atoms with Crippen molar-refractivity contribution in [1.29, 1.82) is 0 Å². The van der Waals surface area contributed by atoms with Crippen molar-refractivity contribution in [3.05, 3.63) is 17.2 Å². The molecule has 8 heteroatoms. The molecule has 2 atom stereocenters. The van der Waals surface area contributed by atoms with Gasteiger partial charge in [0.2, 0.25) is 10.0 Å². The van der Waals surface area contributed by atoms with E-state index in [2.05, 4.69) is 10.0 Å². The van der Waals surface area contributed by atoms with E-state index in [1.165, 1.54) is 12.1 Å². The largest absolute Gasteiger partial charge is 0.486 e. The molecule has 0 amide bonds. The molecule has 0 saturated carbocycles. The van der Waals surface area contributed by atoms with Crippen LogP contribution in [0.25, 0.3) is 0 Å². The summed E-state index contributed by atoms with van der Waals surface area (Å²) in [6, 6.07) is 3.13. The van der Waals surface area contributed by atoms with E-state index < -0.39 is 10.0 Å². The van der Waals surface area contributed by atoms with Gasteiger partial charge < -0.3 is 14.8 Å². The molecule has 1 saturated heterocycles. The van der Waals surface area contributed by atoms with Crippen LogP contribution in [-0.2, 0) is 10.0 Å². The molecule has 0 aromatic heterocycles. The van der Waals surface area contributed by atoms with Gasteiger partial charge in [0.25, 0.3) is 0 Å². The third-order valence-corrected chi connectivity index (χ3v) is 5.82. The standard InChI is InChI=1S/C14H19ClN2O4S/c1-9-6-10(2-3-16-9)17-22(18,19)14-8-13-12(7-11(14)15)20-4-5-21-13/h7-10,16-17H,2-6H2,1H3. The Morgan fingerprint density at radius 1 is 1.27 bits per heavy atom. The number of sulfonamides is 1. The predicted octanol–water partition coefficient (Wildman–Crippen LogP) is 1.53. The molecule has 6 nitrogen and oxygen atoms in total. The van der Waals surface area contributed by atoms with E-state index in [1.54, 1.807) is 0 Å². The van der Waals surface area contributed by atoms with Crippen LogP contribution in [0.2, 0.25) is 5.02 Å². The van der Waals surface area contributed by atoms with Crippen LogP contribution in [0.3, 0.4) is 0 Å². The SMILES string of the molecule is CC1CC(NS(=O)(=O)c2cc3c(cc2Cl)OCCO3)CCN1. The second kappa shape index (κ2) is 6.23. The van der Waals surface area contributed by atoms with Crippen LogP contribution in [0.15, 0.2) is 17.0 Å². The van der Waals surface area contributed by atoms with Crippen LogP contribution in [0.1, 0.15) is 19.8 Å². The Morgan fingerprint density at radius 3 is 2.64 bits per heavy atom. The normalized spacial score (nSPS) is 25.0. The minimum absolute atomic E-state index is 0.0320. The van der Waals surface area contributed by atoms with Crippen molar-refractivity contribution in [2.24, 2.45) is 0 Å². The lowest BCUT2D eigenvalue weighted by atomic mass is 10.0. The molecule has 2 aliphatic rings. The van der Waals surface area contributed by atoms with Crippen LogP contribution in [0.5, 0.6) is 11.5 Å². The van der Waals surface area contributed by atoms with Crippen molar-refractivity contribution in [2.45, 2.75) is 36.7 Å². The molecule has 1 aromatic rings. The highest BCUT2D eigenvalue weighted by Crippen LogP contribution is 2.37. The first-order chi connectivity index (χ1) is 10.5. The molecule has 0 bridgehead atoms. The molecular weight excluding hydrogens is 328 g/mol. The second-order valence-corrected chi connectivity index (χ2v) is 7.71. The van der Waals surface area contributed by atoms with Gasteiger partial charge in [-0.2, -0.15) is 0 Å². The summed E-state index contributed by atoms with van der Waals surface area (Å²) in [5.74, 6) is 0.889. The van der Waals surface area contributed by atoms with Crippen molar-refractivity contribution in [1.82, 2.24) is 10.0 Å². The minimum Gasteiger partial charge on any atom is -0.486 e. The van der Waals surface area contributed by atoms with Crippen LogP contribution < -0.4 is 19.5 Å². The maximum absolute atomic E-state index is 12.6. The van der Waals surface area contributed by atoms with Crippen LogP contribution in [-0.4, -0.2) is 40.3 Å². The summed E-state index contributed by atoms with van der Waals surface area (Å²) in [4.78, 5) is 0.0320. The van der Waals surface area contributed by atoms with Crippen molar-refractivity contribution in [3.63, 3.8) is 0 Å². The highest BCUT2D eigenvalue weighted by Gasteiger charge is 2.28. The molecule has 0 aliphatic carbocycles. The number of fused-ring (bicyclic) bond motifs is 1. The summed E-state index contributed by atoms with van der Waals surface area (Å²) in [5, 5.41) is 3.43. The third-order valence-electron chi connectivity index (χ3n) is 3.83.